The van der Waals surface area contributed by atoms with Crippen LogP contribution in [-0.2, 0) is 0 Å². The number of nitrogens with zero attached hydrogens (tertiary/aromatic N) is 3. The van der Waals surface area contributed by atoms with Crippen LogP contribution < -0.4 is 16.2 Å². The van der Waals surface area contributed by atoms with E-state index in [2.05, 4.69) is 25.8 Å². The Hall–Kier alpha value is -4.71. The molecule has 4 rings (SSSR count). The lowest BCUT2D eigenvalue weighted by Gasteiger charge is -2.10. The summed E-state index contributed by atoms with van der Waals surface area (Å²) < 4.78 is 4.82. The quantitative estimate of drug-likeness (QED) is 0.455. The molecule has 152 valence electrons. The van der Waals surface area contributed by atoms with Crippen LogP contribution in [0.2, 0.25) is 0 Å². The molecule has 2 heterocycles. The van der Waals surface area contributed by atoms with Crippen molar-refractivity contribution < 1.29 is 9.32 Å². The minimum Gasteiger partial charge on any atom is -0.351 e. The van der Waals surface area contributed by atoms with Gasteiger partial charge in [0.25, 0.3) is 11.5 Å². The van der Waals surface area contributed by atoms with Crippen LogP contribution in [0.15, 0.2) is 70.1 Å². The molecule has 9 nitrogen and oxygen atoms in total. The van der Waals surface area contributed by atoms with Crippen molar-refractivity contribution in [2.75, 3.05) is 10.6 Å². The van der Waals surface area contributed by atoms with Crippen LogP contribution in [0.25, 0.3) is 11.3 Å². The summed E-state index contributed by atoms with van der Waals surface area (Å²) in [5, 5.41) is 18.7. The largest absolute Gasteiger partial charge is 0.351 e. The zero-order valence-electron chi connectivity index (χ0n) is 16.3. The van der Waals surface area contributed by atoms with E-state index in [0.29, 0.717) is 11.3 Å². The van der Waals surface area contributed by atoms with E-state index in [9.17, 15) is 14.9 Å². The zero-order chi connectivity index (χ0) is 21.8. The molecule has 0 spiro atoms. The maximum atomic E-state index is 12.4. The second kappa shape index (κ2) is 8.34. The van der Waals surface area contributed by atoms with Crippen LogP contribution in [0.5, 0.6) is 0 Å². The lowest BCUT2D eigenvalue weighted by atomic mass is 10.1. The molecule has 0 radical (unpaired) electrons. The number of aryl methyl sites for hydroxylation is 1. The van der Waals surface area contributed by atoms with Gasteiger partial charge in [0.15, 0.2) is 0 Å². The summed E-state index contributed by atoms with van der Waals surface area (Å²) >= 11 is 0. The Morgan fingerprint density at radius 2 is 1.77 bits per heavy atom. The highest BCUT2D eigenvalue weighted by Crippen LogP contribution is 2.23. The van der Waals surface area contributed by atoms with Crippen LogP contribution in [0.1, 0.15) is 21.7 Å². The Morgan fingerprint density at radius 1 is 1.06 bits per heavy atom. The van der Waals surface area contributed by atoms with Crippen molar-refractivity contribution in [2.24, 2.45) is 0 Å². The summed E-state index contributed by atoms with van der Waals surface area (Å²) in [6, 6.07) is 17.5. The normalized spacial score (nSPS) is 10.3. The molecule has 0 saturated heterocycles. The average molecular weight is 412 g/mol. The van der Waals surface area contributed by atoms with Gasteiger partial charge in [-0.1, -0.05) is 35.0 Å². The van der Waals surface area contributed by atoms with E-state index in [-0.39, 0.29) is 23.0 Å². The SMILES string of the molecule is Cc1ccc(Nc2nc(-c3ccc(NC(=O)c4ccno4)cc3)c(C#N)c(=O)[nH]2)cc1. The second-order valence-electron chi connectivity index (χ2n) is 6.65. The van der Waals surface area contributed by atoms with Gasteiger partial charge in [0.1, 0.15) is 11.6 Å². The molecule has 2 aromatic heterocycles. The van der Waals surface area contributed by atoms with Crippen LogP contribution in [0.3, 0.4) is 0 Å². The van der Waals surface area contributed by atoms with E-state index in [0.717, 1.165) is 11.3 Å². The second-order valence-corrected chi connectivity index (χ2v) is 6.65. The molecule has 9 heteroatoms. The first-order valence-electron chi connectivity index (χ1n) is 9.24. The highest BCUT2D eigenvalue weighted by atomic mass is 16.5. The summed E-state index contributed by atoms with van der Waals surface area (Å²) in [4.78, 5) is 31.5. The summed E-state index contributed by atoms with van der Waals surface area (Å²) in [6.07, 6.45) is 1.38. The molecule has 4 aromatic rings. The smallest absolute Gasteiger partial charge is 0.294 e. The van der Waals surface area contributed by atoms with Gasteiger partial charge >= 0.3 is 0 Å². The van der Waals surface area contributed by atoms with Crippen molar-refractivity contribution in [3.8, 4) is 17.3 Å². The van der Waals surface area contributed by atoms with Gasteiger partial charge in [-0.2, -0.15) is 5.26 Å². The molecule has 0 aliphatic rings. The molecule has 0 aliphatic heterocycles. The first-order chi connectivity index (χ1) is 15.0. The fraction of sp³-hybridized carbons (Fsp3) is 0.0455. The molecule has 0 bridgehead atoms. The van der Waals surface area contributed by atoms with Crippen molar-refractivity contribution in [2.45, 2.75) is 6.92 Å². The molecule has 3 N–H and O–H groups in total. The van der Waals surface area contributed by atoms with Crippen molar-refractivity contribution in [1.29, 1.82) is 5.26 Å². The number of amides is 1. The number of carbonyl (C=O) groups is 1. The fourth-order valence-corrected chi connectivity index (χ4v) is 2.86. The van der Waals surface area contributed by atoms with Crippen molar-refractivity contribution in [3.05, 3.63) is 88.0 Å². The predicted molar refractivity (Wildman–Crippen MR) is 114 cm³/mol. The summed E-state index contributed by atoms with van der Waals surface area (Å²) in [5.74, 6) is -0.147. The maximum absolute atomic E-state index is 12.4. The van der Waals surface area contributed by atoms with Gasteiger partial charge < -0.3 is 15.2 Å². The standard InChI is InChI=1S/C22H16N6O3/c1-13-2-6-16(7-3-13)26-22-27-19(17(12-23)20(29)28-22)14-4-8-15(9-5-14)25-21(30)18-10-11-24-31-18/h2-11H,1H3,(H,25,30)(H2,26,27,28,29). The lowest BCUT2D eigenvalue weighted by molar-refractivity contribution is 0.0988. The number of benzene rings is 2. The summed E-state index contributed by atoms with van der Waals surface area (Å²) in [5.41, 5.74) is 2.48. The zero-order valence-corrected chi connectivity index (χ0v) is 16.3. The molecule has 0 fully saturated rings. The van der Waals surface area contributed by atoms with Crippen LogP contribution in [-0.4, -0.2) is 21.0 Å². The average Bonchev–Trinajstić information content (AvgIpc) is 3.31. The van der Waals surface area contributed by atoms with Crippen molar-refractivity contribution >= 4 is 23.2 Å². The molecule has 0 aliphatic carbocycles. The number of aromatic amines is 1. The fourth-order valence-electron chi connectivity index (χ4n) is 2.86. The lowest BCUT2D eigenvalue weighted by Crippen LogP contribution is -2.16. The molecule has 1 amide bonds. The number of aromatic nitrogens is 3. The molecule has 0 saturated carbocycles. The Morgan fingerprint density at radius 3 is 2.42 bits per heavy atom. The Balaban J connectivity index is 1.62. The Labute approximate surface area is 176 Å². The van der Waals surface area contributed by atoms with Crippen LogP contribution in [0.4, 0.5) is 17.3 Å². The van der Waals surface area contributed by atoms with Gasteiger partial charge in [0.2, 0.25) is 11.7 Å². The van der Waals surface area contributed by atoms with Crippen molar-refractivity contribution in [1.82, 2.24) is 15.1 Å². The highest BCUT2D eigenvalue weighted by Gasteiger charge is 2.15. The van der Waals surface area contributed by atoms with E-state index in [1.165, 1.54) is 12.3 Å². The first kappa shape index (κ1) is 19.6. The van der Waals surface area contributed by atoms with E-state index >= 15 is 0 Å². The third kappa shape index (κ3) is 4.33. The van der Waals surface area contributed by atoms with Gasteiger partial charge in [-0.25, -0.2) is 4.98 Å². The number of nitrogens with one attached hydrogen (secondary N) is 3. The first-order valence-corrected chi connectivity index (χ1v) is 9.24. The molecular weight excluding hydrogens is 396 g/mol. The van der Waals surface area contributed by atoms with Gasteiger partial charge in [0.05, 0.1) is 11.9 Å². The van der Waals surface area contributed by atoms with Gasteiger partial charge in [-0.05, 0) is 31.2 Å². The van der Waals surface area contributed by atoms with E-state index in [1.54, 1.807) is 24.3 Å². The van der Waals surface area contributed by atoms with Gasteiger partial charge in [-0.3, -0.25) is 14.6 Å². The molecule has 0 unspecified atom stereocenters. The maximum Gasteiger partial charge on any atom is 0.294 e. The summed E-state index contributed by atoms with van der Waals surface area (Å²) in [7, 11) is 0. The summed E-state index contributed by atoms with van der Waals surface area (Å²) in [6.45, 7) is 1.97. The van der Waals surface area contributed by atoms with E-state index < -0.39 is 11.5 Å². The molecule has 2 aromatic carbocycles. The van der Waals surface area contributed by atoms with Crippen LogP contribution >= 0.6 is 0 Å². The Bertz CT molecular complexity index is 1320. The number of nitriles is 1. The highest BCUT2D eigenvalue weighted by molar-refractivity contribution is 6.02. The third-order valence-electron chi connectivity index (χ3n) is 4.42. The number of carbonyl (C=O) groups excluding carboxylic acids is 1. The van der Waals surface area contributed by atoms with Gasteiger partial charge in [0, 0.05) is 23.0 Å². The van der Waals surface area contributed by atoms with Crippen LogP contribution in [0, 0.1) is 18.3 Å². The molecular formula is C22H16N6O3. The van der Waals surface area contributed by atoms with Gasteiger partial charge in [-0.15, -0.1) is 0 Å². The number of anilines is 3. The Kier molecular flexibility index (Phi) is 5.27. The van der Waals surface area contributed by atoms with Crippen molar-refractivity contribution in [3.63, 3.8) is 0 Å². The number of hydrogen-bond donors (Lipinski definition) is 3. The molecule has 0 atom stereocenters. The van der Waals surface area contributed by atoms with E-state index in [1.807, 2.05) is 37.3 Å². The minimum atomic E-state index is -0.551. The van der Waals surface area contributed by atoms with E-state index in [4.69, 9.17) is 4.52 Å². The monoisotopic (exact) mass is 412 g/mol. The minimum absolute atomic E-state index is 0.0823. The predicted octanol–water partition coefficient (Wildman–Crippen LogP) is 3.60. The third-order valence-corrected chi connectivity index (χ3v) is 4.42. The number of hydrogen-bond acceptors (Lipinski definition) is 7. The number of rotatable bonds is 5. The topological polar surface area (TPSA) is 137 Å². The number of H-pyrrole nitrogens is 1. The molecule has 31 heavy (non-hydrogen) atoms.